The van der Waals surface area contributed by atoms with Crippen molar-refractivity contribution in [1.29, 1.82) is 5.26 Å². The topological polar surface area (TPSA) is 71.4 Å². The van der Waals surface area contributed by atoms with Crippen molar-refractivity contribution in [2.24, 2.45) is 0 Å². The molecule has 0 fully saturated rings. The predicted molar refractivity (Wildman–Crippen MR) is 136 cm³/mol. The number of anilines is 1. The van der Waals surface area contributed by atoms with Gasteiger partial charge in [-0.3, -0.25) is 4.79 Å². The highest BCUT2D eigenvalue weighted by Crippen LogP contribution is 2.35. The first-order valence-electron chi connectivity index (χ1n) is 10.3. The van der Waals surface area contributed by atoms with Crippen LogP contribution in [0, 0.1) is 11.3 Å². The summed E-state index contributed by atoms with van der Waals surface area (Å²) in [5.41, 5.74) is 2.71. The third kappa shape index (κ3) is 6.41. The van der Waals surface area contributed by atoms with E-state index in [9.17, 15) is 10.1 Å². The number of benzene rings is 3. The van der Waals surface area contributed by atoms with Crippen LogP contribution < -0.4 is 14.8 Å². The summed E-state index contributed by atoms with van der Waals surface area (Å²) in [5.74, 6) is 0.477. The quantitative estimate of drug-likeness (QED) is 0.201. The maximum atomic E-state index is 12.6. The van der Waals surface area contributed by atoms with E-state index in [1.54, 1.807) is 42.5 Å². The van der Waals surface area contributed by atoms with Gasteiger partial charge in [-0.25, -0.2) is 0 Å². The molecule has 0 saturated carbocycles. The van der Waals surface area contributed by atoms with E-state index in [4.69, 9.17) is 32.7 Å². The summed E-state index contributed by atoms with van der Waals surface area (Å²) in [6.07, 6.45) is 3.73. The van der Waals surface area contributed by atoms with E-state index in [1.807, 2.05) is 30.3 Å². The Bertz CT molecular complexity index is 1260. The number of ether oxygens (including phenoxy) is 2. The number of nitrogens with one attached hydrogen (secondary N) is 1. The summed E-state index contributed by atoms with van der Waals surface area (Å²) >= 11 is 12.1. The minimum atomic E-state index is -0.534. The number of halogens is 2. The Balaban J connectivity index is 1.90. The molecule has 34 heavy (non-hydrogen) atoms. The van der Waals surface area contributed by atoms with Crippen molar-refractivity contribution in [3.63, 3.8) is 0 Å². The van der Waals surface area contributed by atoms with Gasteiger partial charge in [0.15, 0.2) is 11.5 Å². The van der Waals surface area contributed by atoms with E-state index in [2.05, 4.69) is 11.9 Å². The number of allylic oxidation sites excluding steroid dienone is 1. The number of methoxy groups -OCH3 is 1. The number of carbonyl (C=O) groups is 1. The Labute approximate surface area is 208 Å². The maximum absolute atomic E-state index is 12.6. The van der Waals surface area contributed by atoms with E-state index < -0.39 is 5.91 Å². The van der Waals surface area contributed by atoms with Gasteiger partial charge in [-0.15, -0.1) is 6.58 Å². The maximum Gasteiger partial charge on any atom is 0.266 e. The smallest absolute Gasteiger partial charge is 0.266 e. The van der Waals surface area contributed by atoms with Crippen molar-refractivity contribution in [3.8, 4) is 17.6 Å². The molecule has 0 saturated heterocycles. The number of carbonyl (C=O) groups excluding carboxylic acids is 1. The van der Waals surface area contributed by atoms with Crippen LogP contribution in [-0.2, 0) is 17.8 Å². The number of rotatable bonds is 9. The van der Waals surface area contributed by atoms with Gasteiger partial charge in [-0.05, 0) is 60.5 Å². The average Bonchev–Trinajstić information content (AvgIpc) is 2.84. The molecule has 3 aromatic rings. The summed E-state index contributed by atoms with van der Waals surface area (Å²) in [7, 11) is 1.53. The Kier molecular flexibility index (Phi) is 8.75. The second-order valence-corrected chi connectivity index (χ2v) is 8.06. The molecule has 0 aliphatic heterocycles. The van der Waals surface area contributed by atoms with Crippen molar-refractivity contribution in [3.05, 3.63) is 106 Å². The Hall–Kier alpha value is -3.72. The van der Waals surface area contributed by atoms with Crippen LogP contribution in [0.25, 0.3) is 6.08 Å². The summed E-state index contributed by atoms with van der Waals surface area (Å²) in [6.45, 7) is 4.07. The molecule has 0 aromatic heterocycles. The van der Waals surface area contributed by atoms with E-state index in [-0.39, 0.29) is 12.2 Å². The molecule has 0 atom stereocenters. The zero-order valence-electron chi connectivity index (χ0n) is 18.5. The monoisotopic (exact) mass is 492 g/mol. The minimum absolute atomic E-state index is 0.0636. The molecule has 0 aliphatic carbocycles. The highest BCUT2D eigenvalue weighted by atomic mass is 35.5. The highest BCUT2D eigenvalue weighted by molar-refractivity contribution is 6.31. The molecule has 0 radical (unpaired) electrons. The van der Waals surface area contributed by atoms with Crippen LogP contribution in [0.5, 0.6) is 11.5 Å². The van der Waals surface area contributed by atoms with Crippen molar-refractivity contribution < 1.29 is 14.3 Å². The van der Waals surface area contributed by atoms with Crippen molar-refractivity contribution in [2.45, 2.75) is 13.0 Å². The molecule has 1 N–H and O–H groups in total. The van der Waals surface area contributed by atoms with Crippen LogP contribution in [0.3, 0.4) is 0 Å². The molecule has 5 nitrogen and oxygen atoms in total. The fourth-order valence-corrected chi connectivity index (χ4v) is 3.52. The van der Waals surface area contributed by atoms with E-state index >= 15 is 0 Å². The van der Waals surface area contributed by atoms with Crippen molar-refractivity contribution in [2.75, 3.05) is 12.4 Å². The highest BCUT2D eigenvalue weighted by Gasteiger charge is 2.15. The summed E-state index contributed by atoms with van der Waals surface area (Å²) in [6, 6.07) is 19.5. The van der Waals surface area contributed by atoms with Gasteiger partial charge in [0.05, 0.1) is 7.11 Å². The number of hydrogen-bond acceptors (Lipinski definition) is 4. The van der Waals surface area contributed by atoms with Crippen LogP contribution in [0.15, 0.2) is 78.9 Å². The Morgan fingerprint density at radius 2 is 1.85 bits per heavy atom. The van der Waals surface area contributed by atoms with Gasteiger partial charge in [0, 0.05) is 26.9 Å². The molecule has 1 amide bonds. The van der Waals surface area contributed by atoms with Crippen molar-refractivity contribution >= 4 is 40.9 Å². The molecular weight excluding hydrogens is 471 g/mol. The molecule has 172 valence electrons. The van der Waals surface area contributed by atoms with Gasteiger partial charge >= 0.3 is 0 Å². The number of hydrogen-bond donors (Lipinski definition) is 1. The van der Waals surface area contributed by atoms with Crippen LogP contribution in [0.1, 0.15) is 16.7 Å². The normalized spacial score (nSPS) is 10.8. The lowest BCUT2D eigenvalue weighted by molar-refractivity contribution is -0.112. The Morgan fingerprint density at radius 3 is 2.50 bits per heavy atom. The van der Waals surface area contributed by atoms with Crippen LogP contribution >= 0.6 is 23.2 Å². The van der Waals surface area contributed by atoms with Gasteiger partial charge in [0.25, 0.3) is 5.91 Å². The standard InChI is InChI=1S/C27H22Cl2N2O3/c1-3-6-19-13-18(14-21(16-30)27(32)31-23-11-9-22(28)10-12-23)15-25(33-2)26(19)34-17-20-7-4-5-8-24(20)29/h3-5,7-15H,1,6,17H2,2H3,(H,31,32)/b21-14+. The third-order valence-corrected chi connectivity index (χ3v) is 5.47. The lowest BCUT2D eigenvalue weighted by atomic mass is 10.0. The van der Waals surface area contributed by atoms with Crippen LogP contribution in [0.2, 0.25) is 10.0 Å². The SMILES string of the molecule is C=CCc1cc(/C=C(\C#N)C(=O)Nc2ccc(Cl)cc2)cc(OC)c1OCc1ccccc1Cl. The molecule has 0 aliphatic rings. The van der Waals surface area contributed by atoms with Gasteiger partial charge in [-0.2, -0.15) is 5.26 Å². The summed E-state index contributed by atoms with van der Waals surface area (Å²) in [4.78, 5) is 12.6. The fourth-order valence-electron chi connectivity index (χ4n) is 3.20. The number of nitrogens with zero attached hydrogens (tertiary/aromatic N) is 1. The van der Waals surface area contributed by atoms with Crippen molar-refractivity contribution in [1.82, 2.24) is 0 Å². The van der Waals surface area contributed by atoms with Gasteiger partial charge < -0.3 is 14.8 Å². The predicted octanol–water partition coefficient (Wildman–Crippen LogP) is 6.86. The zero-order valence-corrected chi connectivity index (χ0v) is 20.0. The molecule has 0 heterocycles. The molecular formula is C27H22Cl2N2O3. The molecule has 0 unspecified atom stereocenters. The molecule has 3 aromatic carbocycles. The van der Waals surface area contributed by atoms with E-state index in [1.165, 1.54) is 13.2 Å². The molecule has 0 bridgehead atoms. The zero-order chi connectivity index (χ0) is 24.5. The lowest BCUT2D eigenvalue weighted by Crippen LogP contribution is -2.13. The van der Waals surface area contributed by atoms with Crippen LogP contribution in [0.4, 0.5) is 5.69 Å². The lowest BCUT2D eigenvalue weighted by Gasteiger charge is -2.16. The average molecular weight is 493 g/mol. The number of nitriles is 1. The third-order valence-electron chi connectivity index (χ3n) is 4.85. The minimum Gasteiger partial charge on any atom is -0.493 e. The first-order valence-corrected chi connectivity index (χ1v) is 11.1. The second kappa shape index (κ2) is 11.9. The Morgan fingerprint density at radius 1 is 1.12 bits per heavy atom. The second-order valence-electron chi connectivity index (χ2n) is 7.22. The van der Waals surface area contributed by atoms with Gasteiger partial charge in [-0.1, -0.05) is 47.5 Å². The van der Waals surface area contributed by atoms with Gasteiger partial charge in [0.1, 0.15) is 18.2 Å². The number of amides is 1. The van der Waals surface area contributed by atoms with E-state index in [0.717, 1.165) is 11.1 Å². The first kappa shape index (κ1) is 24.9. The molecule has 0 spiro atoms. The van der Waals surface area contributed by atoms with Gasteiger partial charge in [0.2, 0.25) is 0 Å². The summed E-state index contributed by atoms with van der Waals surface area (Å²) < 4.78 is 11.6. The first-order chi connectivity index (χ1) is 16.4. The molecule has 7 heteroatoms. The summed E-state index contributed by atoms with van der Waals surface area (Å²) in [5, 5.41) is 13.4. The van der Waals surface area contributed by atoms with E-state index in [0.29, 0.717) is 39.2 Å². The fraction of sp³-hybridized carbons (Fsp3) is 0.111. The van der Waals surface area contributed by atoms with Crippen LogP contribution in [-0.4, -0.2) is 13.0 Å². The molecule has 3 rings (SSSR count). The largest absolute Gasteiger partial charge is 0.493 e.